The third-order valence-electron chi connectivity index (χ3n) is 5.77. The van der Waals surface area contributed by atoms with Crippen LogP contribution in [0.4, 0.5) is 35.1 Å². The maximum atomic E-state index is 13.5. The van der Waals surface area contributed by atoms with Crippen LogP contribution in [0.1, 0.15) is 23.1 Å². The van der Waals surface area contributed by atoms with Gasteiger partial charge in [0.2, 0.25) is 34.8 Å². The second-order valence-corrected chi connectivity index (χ2v) is 9.07. The highest BCUT2D eigenvalue weighted by atomic mass is 32.2. The summed E-state index contributed by atoms with van der Waals surface area (Å²) in [5, 5.41) is 3.92. The van der Waals surface area contributed by atoms with Crippen molar-refractivity contribution in [3.05, 3.63) is 101 Å². The van der Waals surface area contributed by atoms with E-state index in [1.807, 2.05) is 6.07 Å². The van der Waals surface area contributed by atoms with Gasteiger partial charge in [0.05, 0.1) is 23.3 Å². The number of nitrogens with zero attached hydrogens (tertiary/aromatic N) is 2. The first kappa shape index (κ1) is 27.5. The molecule has 1 aliphatic carbocycles. The zero-order valence-corrected chi connectivity index (χ0v) is 20.4. The molecule has 1 aliphatic rings. The summed E-state index contributed by atoms with van der Waals surface area (Å²) in [4.78, 5) is 0.532. The highest BCUT2D eigenvalue weighted by Crippen LogP contribution is 2.35. The zero-order valence-electron chi connectivity index (χ0n) is 19.6. The van der Waals surface area contributed by atoms with E-state index in [0.717, 1.165) is 37.0 Å². The van der Waals surface area contributed by atoms with Crippen molar-refractivity contribution >= 4 is 12.0 Å². The van der Waals surface area contributed by atoms with Gasteiger partial charge in [0.1, 0.15) is 0 Å². The van der Waals surface area contributed by atoms with Gasteiger partial charge in [-0.3, -0.25) is 4.68 Å². The first-order chi connectivity index (χ1) is 18.0. The molecule has 0 unspecified atom stereocenters. The van der Waals surface area contributed by atoms with Crippen molar-refractivity contribution in [2.45, 2.75) is 30.3 Å². The van der Waals surface area contributed by atoms with E-state index >= 15 is 0 Å². The molecule has 4 aromatic rings. The number of benzene rings is 3. The predicted molar refractivity (Wildman–Crippen MR) is 125 cm³/mol. The Labute approximate surface area is 216 Å². The van der Waals surface area contributed by atoms with Crippen molar-refractivity contribution in [2.75, 3.05) is 0 Å². The van der Waals surface area contributed by atoms with Crippen LogP contribution in [-0.4, -0.2) is 9.78 Å². The molecule has 3 nitrogen and oxygen atoms in total. The molecule has 0 fully saturated rings. The number of halogens is 8. The van der Waals surface area contributed by atoms with Gasteiger partial charge < -0.3 is 4.18 Å². The SMILES string of the molecule is Cn1nccc1-c1cccc(C(F)(F)F)c1.Fc1c(F)c(F)c(OSc2ccc3c(c2)CCC3)c(F)c1F. The fourth-order valence-electron chi connectivity index (χ4n) is 3.86. The van der Waals surface area contributed by atoms with E-state index in [2.05, 4.69) is 5.10 Å². The molecule has 0 spiro atoms. The fourth-order valence-corrected chi connectivity index (χ4v) is 4.50. The lowest BCUT2D eigenvalue weighted by Crippen LogP contribution is -2.05. The van der Waals surface area contributed by atoms with Crippen LogP contribution >= 0.6 is 12.0 Å². The first-order valence-electron chi connectivity index (χ1n) is 11.1. The van der Waals surface area contributed by atoms with Gasteiger partial charge in [-0.05, 0) is 60.7 Å². The molecule has 38 heavy (non-hydrogen) atoms. The summed E-state index contributed by atoms with van der Waals surface area (Å²) in [6.07, 6.45) is 0.136. The molecule has 0 N–H and O–H groups in total. The van der Waals surface area contributed by atoms with Crippen molar-refractivity contribution in [3.63, 3.8) is 0 Å². The van der Waals surface area contributed by atoms with Gasteiger partial charge in [0, 0.05) is 23.7 Å². The molecule has 1 aromatic heterocycles. The Balaban J connectivity index is 0.000000186. The summed E-state index contributed by atoms with van der Waals surface area (Å²) in [7, 11) is 1.69. The van der Waals surface area contributed by atoms with Gasteiger partial charge >= 0.3 is 6.18 Å². The summed E-state index contributed by atoms with van der Waals surface area (Å²) in [6, 6.07) is 12.2. The quantitative estimate of drug-likeness (QED) is 0.110. The van der Waals surface area contributed by atoms with Crippen LogP contribution in [0.2, 0.25) is 0 Å². The summed E-state index contributed by atoms with van der Waals surface area (Å²) in [5.74, 6) is -11.5. The van der Waals surface area contributed by atoms with E-state index in [1.165, 1.54) is 16.3 Å². The summed E-state index contributed by atoms with van der Waals surface area (Å²) >= 11 is 0.555. The van der Waals surface area contributed by atoms with E-state index in [0.29, 0.717) is 28.2 Å². The zero-order chi connectivity index (χ0) is 27.6. The average Bonchev–Trinajstić information content (AvgIpc) is 3.54. The van der Waals surface area contributed by atoms with Crippen molar-refractivity contribution < 1.29 is 39.3 Å². The number of hydrogen-bond acceptors (Lipinski definition) is 3. The van der Waals surface area contributed by atoms with Gasteiger partial charge in [-0.25, -0.2) is 13.2 Å². The second kappa shape index (κ2) is 11.1. The first-order valence-corrected chi connectivity index (χ1v) is 11.8. The number of alkyl halides is 3. The van der Waals surface area contributed by atoms with Gasteiger partial charge in [-0.15, -0.1) is 0 Å². The molecular formula is C26H18F8N2OS. The lowest BCUT2D eigenvalue weighted by atomic mass is 10.1. The third-order valence-corrected chi connectivity index (χ3v) is 6.46. The maximum Gasteiger partial charge on any atom is 0.416 e. The van der Waals surface area contributed by atoms with Crippen LogP contribution in [0.25, 0.3) is 11.3 Å². The molecule has 5 rings (SSSR count). The highest BCUT2D eigenvalue weighted by molar-refractivity contribution is 7.95. The Morgan fingerprint density at radius 3 is 2.11 bits per heavy atom. The molecule has 12 heteroatoms. The molecule has 0 amide bonds. The average molecular weight is 558 g/mol. The lowest BCUT2D eigenvalue weighted by molar-refractivity contribution is -0.137. The number of aromatic nitrogens is 2. The smallest absolute Gasteiger partial charge is 0.414 e. The van der Waals surface area contributed by atoms with E-state index in [4.69, 9.17) is 4.18 Å². The fraction of sp³-hybridized carbons (Fsp3) is 0.192. The van der Waals surface area contributed by atoms with Crippen LogP contribution in [0.3, 0.4) is 0 Å². The molecule has 0 aliphatic heterocycles. The maximum absolute atomic E-state index is 13.5. The number of hydrogen-bond donors (Lipinski definition) is 0. The van der Waals surface area contributed by atoms with Gasteiger partial charge in [-0.1, -0.05) is 18.2 Å². The largest absolute Gasteiger partial charge is 0.416 e. The second-order valence-electron chi connectivity index (χ2n) is 8.27. The summed E-state index contributed by atoms with van der Waals surface area (Å²) < 4.78 is 110. The monoisotopic (exact) mass is 558 g/mol. The standard InChI is InChI=1S/C15H9F5OS.C11H9F3N2/c16-10-11(17)13(19)15(14(20)12(10)18)21-22-9-5-4-7-2-1-3-8(7)6-9;1-16-10(5-6-15-16)8-3-2-4-9(7-8)11(12,13)14/h4-6H,1-3H2;2-7H,1H3. The Morgan fingerprint density at radius 2 is 1.47 bits per heavy atom. The molecule has 0 saturated heterocycles. The molecule has 0 saturated carbocycles. The molecule has 3 aromatic carbocycles. The number of rotatable bonds is 4. The van der Waals surface area contributed by atoms with Crippen LogP contribution in [0, 0.1) is 29.1 Å². The minimum atomic E-state index is -4.31. The minimum absolute atomic E-state index is 0.509. The van der Waals surface area contributed by atoms with Crippen molar-refractivity contribution in [3.8, 4) is 17.0 Å². The van der Waals surface area contributed by atoms with Crippen LogP contribution in [-0.2, 0) is 26.1 Å². The van der Waals surface area contributed by atoms with Crippen molar-refractivity contribution in [1.82, 2.24) is 9.78 Å². The number of aryl methyl sites for hydroxylation is 3. The van der Waals surface area contributed by atoms with Crippen molar-refractivity contribution in [1.29, 1.82) is 0 Å². The predicted octanol–water partition coefficient (Wildman–Crippen LogP) is 8.06. The highest BCUT2D eigenvalue weighted by Gasteiger charge is 2.30. The van der Waals surface area contributed by atoms with E-state index < -0.39 is 46.6 Å². The van der Waals surface area contributed by atoms with E-state index in [1.54, 1.807) is 37.5 Å². The third kappa shape index (κ3) is 5.79. The topological polar surface area (TPSA) is 27.1 Å². The van der Waals surface area contributed by atoms with Crippen LogP contribution in [0.15, 0.2) is 59.6 Å². The Hall–Kier alpha value is -3.54. The van der Waals surface area contributed by atoms with E-state index in [-0.39, 0.29) is 0 Å². The minimum Gasteiger partial charge on any atom is -0.414 e. The van der Waals surface area contributed by atoms with E-state index in [9.17, 15) is 35.1 Å². The van der Waals surface area contributed by atoms with Crippen LogP contribution in [0.5, 0.6) is 5.75 Å². The normalized spacial score (nSPS) is 12.7. The van der Waals surface area contributed by atoms with Crippen molar-refractivity contribution in [2.24, 2.45) is 7.05 Å². The molecule has 200 valence electrons. The van der Waals surface area contributed by atoms with Gasteiger partial charge in [0.25, 0.3) is 0 Å². The Bertz CT molecular complexity index is 1440. The van der Waals surface area contributed by atoms with Gasteiger partial charge in [-0.2, -0.15) is 27.1 Å². The molecule has 0 radical (unpaired) electrons. The number of fused-ring (bicyclic) bond motifs is 1. The Morgan fingerprint density at radius 1 is 0.816 bits per heavy atom. The Kier molecular flexibility index (Phi) is 8.00. The lowest BCUT2D eigenvalue weighted by Gasteiger charge is -2.09. The summed E-state index contributed by atoms with van der Waals surface area (Å²) in [6.45, 7) is 0. The summed E-state index contributed by atoms with van der Waals surface area (Å²) in [5.41, 5.74) is 2.82. The molecule has 0 bridgehead atoms. The molecule has 0 atom stereocenters. The van der Waals surface area contributed by atoms with Gasteiger partial charge in [0.15, 0.2) is 0 Å². The molecular weight excluding hydrogens is 540 g/mol. The molecule has 1 heterocycles. The van der Waals surface area contributed by atoms with Crippen LogP contribution < -0.4 is 4.18 Å².